The third-order valence-electron chi connectivity index (χ3n) is 2.23. The Morgan fingerprint density at radius 3 is 2.63 bits per heavy atom. The molecule has 0 saturated heterocycles. The Hall–Kier alpha value is -1.64. The van der Waals surface area contributed by atoms with Crippen LogP contribution in [0.4, 0.5) is 5.13 Å². The summed E-state index contributed by atoms with van der Waals surface area (Å²) in [5, 5.41) is 7.13. The number of ketones is 1. The normalized spacial score (nSPS) is 10.4. The zero-order chi connectivity index (χ0) is 13.8. The average Bonchev–Trinajstić information content (AvgIpc) is 2.98. The van der Waals surface area contributed by atoms with E-state index in [1.54, 1.807) is 10.8 Å². The molecule has 0 spiro atoms. The van der Waals surface area contributed by atoms with E-state index in [1.165, 1.54) is 29.6 Å². The van der Waals surface area contributed by atoms with Crippen LogP contribution >= 0.6 is 22.7 Å². The molecule has 0 aliphatic carbocycles. The molecule has 19 heavy (non-hydrogen) atoms. The Bertz CT molecular complexity index is 605. The molecule has 2 aromatic heterocycles. The summed E-state index contributed by atoms with van der Waals surface area (Å²) in [6.07, 6.45) is 0.656. The van der Waals surface area contributed by atoms with Gasteiger partial charge in [-0.15, -0.1) is 22.7 Å². The van der Waals surface area contributed by atoms with Gasteiger partial charge in [-0.2, -0.15) is 0 Å². The summed E-state index contributed by atoms with van der Waals surface area (Å²) in [6.45, 7) is 1.93. The Morgan fingerprint density at radius 1 is 1.26 bits per heavy atom. The van der Waals surface area contributed by atoms with Crippen molar-refractivity contribution in [1.29, 1.82) is 0 Å². The zero-order valence-corrected chi connectivity index (χ0v) is 11.8. The van der Waals surface area contributed by atoms with Gasteiger partial charge in [-0.05, 0) is 6.54 Å². The van der Waals surface area contributed by atoms with E-state index in [0.29, 0.717) is 29.5 Å². The minimum absolute atomic E-state index is 0.129. The standard InChI is InChI=1S/C11H12N4O2S2/c1-6(16)7-4-19-11(14-7)15-10(17)8-5-18-9(13-8)2-3-12/h4-5H,2-3,12H2,1H3,(H,14,15,17). The second-order valence-electron chi connectivity index (χ2n) is 3.71. The maximum atomic E-state index is 11.9. The number of nitrogens with one attached hydrogen (secondary N) is 1. The van der Waals surface area contributed by atoms with Crippen molar-refractivity contribution in [3.8, 4) is 0 Å². The van der Waals surface area contributed by atoms with Crippen LogP contribution in [0, 0.1) is 0 Å². The van der Waals surface area contributed by atoms with Crippen LogP contribution in [-0.4, -0.2) is 28.2 Å². The van der Waals surface area contributed by atoms with Crippen LogP contribution in [0.1, 0.15) is 32.9 Å². The highest BCUT2D eigenvalue weighted by Crippen LogP contribution is 2.17. The van der Waals surface area contributed by atoms with Crippen LogP contribution in [0.5, 0.6) is 0 Å². The second kappa shape index (κ2) is 6.00. The highest BCUT2D eigenvalue weighted by atomic mass is 32.1. The number of carbonyl (C=O) groups excluding carboxylic acids is 2. The molecule has 0 unspecified atom stereocenters. The Morgan fingerprint density at radius 2 is 2.00 bits per heavy atom. The number of carbonyl (C=O) groups is 2. The van der Waals surface area contributed by atoms with Gasteiger partial charge in [-0.3, -0.25) is 14.9 Å². The molecule has 0 radical (unpaired) electrons. The predicted octanol–water partition coefficient (Wildman–Crippen LogP) is 1.56. The molecule has 0 atom stereocenters. The number of Topliss-reactive ketones (excluding diaryl/α,β-unsaturated/α-hetero) is 1. The van der Waals surface area contributed by atoms with E-state index in [2.05, 4.69) is 15.3 Å². The van der Waals surface area contributed by atoms with Crippen LogP contribution < -0.4 is 11.1 Å². The third kappa shape index (κ3) is 3.43. The van der Waals surface area contributed by atoms with Crippen LogP contribution in [0.25, 0.3) is 0 Å². The summed E-state index contributed by atoms with van der Waals surface area (Å²) < 4.78 is 0. The number of anilines is 1. The molecular formula is C11H12N4O2S2. The zero-order valence-electron chi connectivity index (χ0n) is 10.2. The van der Waals surface area contributed by atoms with E-state index in [-0.39, 0.29) is 11.7 Å². The van der Waals surface area contributed by atoms with Gasteiger partial charge in [0.15, 0.2) is 10.9 Å². The highest BCUT2D eigenvalue weighted by molar-refractivity contribution is 7.14. The number of aromatic nitrogens is 2. The van der Waals surface area contributed by atoms with Crippen molar-refractivity contribution in [2.24, 2.45) is 5.73 Å². The van der Waals surface area contributed by atoms with Gasteiger partial charge in [0.2, 0.25) is 0 Å². The first-order chi connectivity index (χ1) is 9.10. The van der Waals surface area contributed by atoms with Gasteiger partial charge in [-0.1, -0.05) is 0 Å². The molecule has 2 heterocycles. The van der Waals surface area contributed by atoms with Crippen molar-refractivity contribution >= 4 is 39.5 Å². The quantitative estimate of drug-likeness (QED) is 0.816. The first kappa shape index (κ1) is 13.8. The molecule has 0 aromatic carbocycles. The van der Waals surface area contributed by atoms with Crippen LogP contribution in [0.2, 0.25) is 0 Å². The van der Waals surface area contributed by atoms with Gasteiger partial charge in [0.1, 0.15) is 11.4 Å². The van der Waals surface area contributed by atoms with Crippen LogP contribution in [0.3, 0.4) is 0 Å². The van der Waals surface area contributed by atoms with Crippen molar-refractivity contribution in [1.82, 2.24) is 9.97 Å². The summed E-state index contributed by atoms with van der Waals surface area (Å²) >= 11 is 2.61. The molecule has 2 aromatic rings. The lowest BCUT2D eigenvalue weighted by molar-refractivity contribution is 0.100. The molecule has 8 heteroatoms. The molecule has 100 valence electrons. The monoisotopic (exact) mass is 296 g/mol. The summed E-state index contributed by atoms with van der Waals surface area (Å²) in [4.78, 5) is 31.2. The second-order valence-corrected chi connectivity index (χ2v) is 5.51. The molecule has 0 aliphatic heterocycles. The smallest absolute Gasteiger partial charge is 0.276 e. The number of nitrogens with two attached hydrogens (primary N) is 1. The van der Waals surface area contributed by atoms with Crippen molar-refractivity contribution in [3.63, 3.8) is 0 Å². The number of hydrogen-bond acceptors (Lipinski definition) is 7. The number of hydrogen-bond donors (Lipinski definition) is 2. The van der Waals surface area contributed by atoms with E-state index in [4.69, 9.17) is 5.73 Å². The fraction of sp³-hybridized carbons (Fsp3) is 0.273. The van der Waals surface area contributed by atoms with E-state index >= 15 is 0 Å². The fourth-order valence-corrected chi connectivity index (χ4v) is 2.85. The molecule has 6 nitrogen and oxygen atoms in total. The van der Waals surface area contributed by atoms with Gasteiger partial charge in [-0.25, -0.2) is 9.97 Å². The summed E-state index contributed by atoms with van der Waals surface area (Å²) in [5.41, 5.74) is 6.12. The lowest BCUT2D eigenvalue weighted by Gasteiger charge is -1.97. The van der Waals surface area contributed by atoms with Gasteiger partial charge < -0.3 is 5.73 Å². The van der Waals surface area contributed by atoms with Gasteiger partial charge in [0, 0.05) is 24.1 Å². The molecule has 2 rings (SSSR count). The van der Waals surface area contributed by atoms with Gasteiger partial charge in [0.05, 0.1) is 5.01 Å². The Balaban J connectivity index is 2.04. The molecule has 3 N–H and O–H groups in total. The SMILES string of the molecule is CC(=O)c1csc(NC(=O)c2csc(CCN)n2)n1. The van der Waals surface area contributed by atoms with E-state index in [9.17, 15) is 9.59 Å². The maximum absolute atomic E-state index is 11.9. The lowest BCUT2D eigenvalue weighted by Crippen LogP contribution is -2.12. The Kier molecular flexibility index (Phi) is 4.35. The first-order valence-electron chi connectivity index (χ1n) is 5.52. The summed E-state index contributed by atoms with van der Waals surface area (Å²) in [7, 11) is 0. The number of rotatable bonds is 5. The molecular weight excluding hydrogens is 284 g/mol. The van der Waals surface area contributed by atoms with Gasteiger partial charge in [0.25, 0.3) is 5.91 Å². The average molecular weight is 296 g/mol. The summed E-state index contributed by atoms with van der Waals surface area (Å²) in [6, 6.07) is 0. The fourth-order valence-electron chi connectivity index (χ4n) is 1.31. The Labute approximate surface area is 117 Å². The predicted molar refractivity (Wildman–Crippen MR) is 74.9 cm³/mol. The molecule has 0 bridgehead atoms. The van der Waals surface area contributed by atoms with Crippen molar-refractivity contribution in [2.45, 2.75) is 13.3 Å². The van der Waals surface area contributed by atoms with E-state index in [0.717, 1.165) is 5.01 Å². The highest BCUT2D eigenvalue weighted by Gasteiger charge is 2.13. The minimum atomic E-state index is -0.330. The van der Waals surface area contributed by atoms with Crippen LogP contribution in [0.15, 0.2) is 10.8 Å². The molecule has 1 amide bonds. The summed E-state index contributed by atoms with van der Waals surface area (Å²) in [5.74, 6) is -0.459. The maximum Gasteiger partial charge on any atom is 0.276 e. The van der Waals surface area contributed by atoms with E-state index in [1.807, 2.05) is 0 Å². The van der Waals surface area contributed by atoms with Crippen LogP contribution in [-0.2, 0) is 6.42 Å². The first-order valence-corrected chi connectivity index (χ1v) is 7.28. The molecule has 0 fully saturated rings. The number of amides is 1. The molecule has 0 aliphatic rings. The number of thiazole rings is 2. The largest absolute Gasteiger partial charge is 0.330 e. The topological polar surface area (TPSA) is 98.0 Å². The minimum Gasteiger partial charge on any atom is -0.330 e. The third-order valence-corrected chi connectivity index (χ3v) is 3.89. The van der Waals surface area contributed by atoms with Crippen molar-refractivity contribution in [2.75, 3.05) is 11.9 Å². The van der Waals surface area contributed by atoms with Crippen molar-refractivity contribution in [3.05, 3.63) is 27.2 Å². The van der Waals surface area contributed by atoms with E-state index < -0.39 is 0 Å². The number of nitrogens with zero attached hydrogens (tertiary/aromatic N) is 2. The van der Waals surface area contributed by atoms with Gasteiger partial charge >= 0.3 is 0 Å². The molecule has 0 saturated carbocycles. The lowest BCUT2D eigenvalue weighted by atomic mass is 10.4. The van der Waals surface area contributed by atoms with Crippen molar-refractivity contribution < 1.29 is 9.59 Å².